The number of aliphatic carboxylic acids is 1. The lowest BCUT2D eigenvalue weighted by molar-refractivity contribution is -0.137. The largest absolute Gasteiger partial charge is 0.481 e. The van der Waals surface area contributed by atoms with Gasteiger partial charge in [0.05, 0.1) is 5.56 Å². The molecule has 0 aliphatic rings. The molecule has 1 amide bonds. The topological polar surface area (TPSA) is 79.5 Å². The zero-order valence-electron chi connectivity index (χ0n) is 8.53. The number of hydrogen-bond acceptors (Lipinski definition) is 3. The first-order chi connectivity index (χ1) is 7.59. The number of carboxylic acids is 1. The number of carbonyl (C=O) groups is 2. The van der Waals surface area contributed by atoms with E-state index in [9.17, 15) is 9.59 Å². The van der Waals surface area contributed by atoms with Crippen LogP contribution in [0.5, 0.6) is 0 Å². The van der Waals surface area contributed by atoms with E-state index in [2.05, 4.69) is 21.2 Å². The first-order valence-corrected chi connectivity index (χ1v) is 5.63. The molecule has 6 heteroatoms. The molecule has 0 aliphatic heterocycles. The Bertz CT molecular complexity index is 375. The number of furan rings is 1. The smallest absolute Gasteiger partial charge is 0.303 e. The molecule has 1 aromatic heterocycles. The van der Waals surface area contributed by atoms with Gasteiger partial charge in [0.25, 0.3) is 5.91 Å². The maximum atomic E-state index is 11.4. The molecule has 0 spiro atoms. The molecule has 0 radical (unpaired) electrons. The Morgan fingerprint density at radius 3 is 2.75 bits per heavy atom. The van der Waals surface area contributed by atoms with Crippen LogP contribution >= 0.6 is 15.9 Å². The molecule has 2 N–H and O–H groups in total. The summed E-state index contributed by atoms with van der Waals surface area (Å²) in [7, 11) is 0. The Kier molecular flexibility index (Phi) is 5.04. The molecule has 5 nitrogen and oxygen atoms in total. The Morgan fingerprint density at radius 1 is 1.44 bits per heavy atom. The molecular formula is C10H12BrNO4. The minimum Gasteiger partial charge on any atom is -0.481 e. The van der Waals surface area contributed by atoms with Crippen LogP contribution in [0.25, 0.3) is 0 Å². The molecule has 0 aliphatic carbocycles. The Labute approximate surface area is 101 Å². The van der Waals surface area contributed by atoms with E-state index in [0.29, 0.717) is 29.6 Å². The van der Waals surface area contributed by atoms with Gasteiger partial charge in [0.15, 0.2) is 4.67 Å². The lowest BCUT2D eigenvalue weighted by Gasteiger charge is -2.01. The Balaban J connectivity index is 2.18. The third-order valence-electron chi connectivity index (χ3n) is 1.93. The van der Waals surface area contributed by atoms with Crippen molar-refractivity contribution in [2.24, 2.45) is 0 Å². The van der Waals surface area contributed by atoms with E-state index in [1.54, 1.807) is 6.07 Å². The van der Waals surface area contributed by atoms with Gasteiger partial charge in [-0.2, -0.15) is 0 Å². The lowest BCUT2D eigenvalue weighted by Crippen LogP contribution is -2.24. The summed E-state index contributed by atoms with van der Waals surface area (Å²) in [5.41, 5.74) is 0.449. The van der Waals surface area contributed by atoms with Crippen LogP contribution in [0.1, 0.15) is 29.6 Å². The van der Waals surface area contributed by atoms with Crippen molar-refractivity contribution in [2.45, 2.75) is 19.3 Å². The highest BCUT2D eigenvalue weighted by molar-refractivity contribution is 9.10. The lowest BCUT2D eigenvalue weighted by atomic mass is 10.2. The fourth-order valence-corrected chi connectivity index (χ4v) is 1.47. The van der Waals surface area contributed by atoms with Crippen LogP contribution in [0.2, 0.25) is 0 Å². The predicted molar refractivity (Wildman–Crippen MR) is 60.2 cm³/mol. The van der Waals surface area contributed by atoms with E-state index in [0.717, 1.165) is 0 Å². The third-order valence-corrected chi connectivity index (χ3v) is 2.35. The summed E-state index contributed by atoms with van der Waals surface area (Å²) in [6.07, 6.45) is 2.70. The summed E-state index contributed by atoms with van der Waals surface area (Å²) in [4.78, 5) is 21.7. The summed E-state index contributed by atoms with van der Waals surface area (Å²) in [6.45, 7) is 0.467. The number of amides is 1. The highest BCUT2D eigenvalue weighted by atomic mass is 79.9. The zero-order valence-corrected chi connectivity index (χ0v) is 10.1. The molecule has 88 valence electrons. The van der Waals surface area contributed by atoms with Crippen molar-refractivity contribution in [3.8, 4) is 0 Å². The predicted octanol–water partition coefficient (Wildman–Crippen LogP) is 2.03. The van der Waals surface area contributed by atoms with Gasteiger partial charge in [0.2, 0.25) is 0 Å². The van der Waals surface area contributed by atoms with Crippen LogP contribution in [0, 0.1) is 0 Å². The molecule has 1 aromatic rings. The summed E-state index contributed by atoms with van der Waals surface area (Å²) >= 11 is 3.10. The first-order valence-electron chi connectivity index (χ1n) is 4.83. The van der Waals surface area contributed by atoms with Gasteiger partial charge in [0.1, 0.15) is 6.26 Å². The van der Waals surface area contributed by atoms with Gasteiger partial charge >= 0.3 is 5.97 Å². The third kappa shape index (κ3) is 4.48. The molecule has 16 heavy (non-hydrogen) atoms. The van der Waals surface area contributed by atoms with E-state index in [-0.39, 0.29) is 12.3 Å². The van der Waals surface area contributed by atoms with Gasteiger partial charge < -0.3 is 14.8 Å². The van der Waals surface area contributed by atoms with Crippen molar-refractivity contribution in [2.75, 3.05) is 6.54 Å². The highest BCUT2D eigenvalue weighted by Gasteiger charge is 2.07. The second kappa shape index (κ2) is 6.32. The minimum absolute atomic E-state index is 0.132. The summed E-state index contributed by atoms with van der Waals surface area (Å²) in [6, 6.07) is 1.58. The van der Waals surface area contributed by atoms with Crippen LogP contribution in [0.15, 0.2) is 21.4 Å². The van der Waals surface area contributed by atoms with Crippen molar-refractivity contribution in [3.05, 3.63) is 22.6 Å². The number of unbranched alkanes of at least 4 members (excludes halogenated alkanes) is 1. The van der Waals surface area contributed by atoms with Crippen LogP contribution < -0.4 is 5.32 Å². The molecule has 1 rings (SSSR count). The van der Waals surface area contributed by atoms with Gasteiger partial charge in [0, 0.05) is 19.0 Å². The molecule has 0 bridgehead atoms. The zero-order chi connectivity index (χ0) is 12.0. The molecule has 0 aromatic carbocycles. The van der Waals surface area contributed by atoms with Crippen molar-refractivity contribution >= 4 is 27.8 Å². The minimum atomic E-state index is -0.815. The summed E-state index contributed by atoms with van der Waals surface area (Å²) < 4.78 is 5.43. The standard InChI is InChI=1S/C10H12BrNO4/c11-8-5-7(6-16-8)10(15)12-4-2-1-3-9(13)14/h5-6H,1-4H2,(H,12,15)(H,13,14). The molecular weight excluding hydrogens is 278 g/mol. The monoisotopic (exact) mass is 289 g/mol. The number of nitrogens with one attached hydrogen (secondary N) is 1. The highest BCUT2D eigenvalue weighted by Crippen LogP contribution is 2.13. The molecule has 0 unspecified atom stereocenters. The number of halogens is 1. The number of carboxylic acid groups (broad SMARTS) is 1. The Hall–Kier alpha value is -1.30. The van der Waals surface area contributed by atoms with Crippen molar-refractivity contribution in [1.29, 1.82) is 0 Å². The van der Waals surface area contributed by atoms with E-state index in [1.165, 1.54) is 6.26 Å². The normalized spacial score (nSPS) is 10.1. The van der Waals surface area contributed by atoms with Gasteiger partial charge in [-0.15, -0.1) is 0 Å². The van der Waals surface area contributed by atoms with Crippen LogP contribution in [0.4, 0.5) is 0 Å². The van der Waals surface area contributed by atoms with E-state index in [1.807, 2.05) is 0 Å². The second-order valence-corrected chi connectivity index (χ2v) is 4.03. The number of hydrogen-bond donors (Lipinski definition) is 2. The fraction of sp³-hybridized carbons (Fsp3) is 0.400. The second-order valence-electron chi connectivity index (χ2n) is 3.25. The molecule has 1 heterocycles. The van der Waals surface area contributed by atoms with Crippen LogP contribution in [-0.4, -0.2) is 23.5 Å². The SMILES string of the molecule is O=C(O)CCCCNC(=O)c1coc(Br)c1. The van der Waals surface area contributed by atoms with Gasteiger partial charge in [-0.05, 0) is 28.8 Å². The van der Waals surface area contributed by atoms with E-state index < -0.39 is 5.97 Å². The van der Waals surface area contributed by atoms with Crippen molar-refractivity contribution < 1.29 is 19.1 Å². The maximum Gasteiger partial charge on any atom is 0.303 e. The van der Waals surface area contributed by atoms with Gasteiger partial charge in [-0.25, -0.2) is 0 Å². The quantitative estimate of drug-likeness (QED) is 0.786. The molecule has 0 saturated heterocycles. The fourth-order valence-electron chi connectivity index (χ4n) is 1.13. The average Bonchev–Trinajstić information content (AvgIpc) is 2.63. The van der Waals surface area contributed by atoms with Crippen LogP contribution in [0.3, 0.4) is 0 Å². The van der Waals surface area contributed by atoms with E-state index >= 15 is 0 Å². The van der Waals surface area contributed by atoms with E-state index in [4.69, 9.17) is 9.52 Å². The van der Waals surface area contributed by atoms with Gasteiger partial charge in [-0.3, -0.25) is 9.59 Å². The maximum absolute atomic E-state index is 11.4. The average molecular weight is 290 g/mol. The van der Waals surface area contributed by atoms with Crippen molar-refractivity contribution in [1.82, 2.24) is 5.32 Å². The Morgan fingerprint density at radius 2 is 2.19 bits per heavy atom. The number of carbonyl (C=O) groups excluding carboxylic acids is 1. The number of rotatable bonds is 6. The van der Waals surface area contributed by atoms with Crippen molar-refractivity contribution in [3.63, 3.8) is 0 Å². The summed E-state index contributed by atoms with van der Waals surface area (Å²) in [5, 5.41) is 11.1. The first kappa shape index (κ1) is 12.8. The molecule has 0 fully saturated rings. The van der Waals surface area contributed by atoms with Gasteiger partial charge in [-0.1, -0.05) is 0 Å². The molecule has 0 atom stereocenters. The molecule has 0 saturated carbocycles. The van der Waals surface area contributed by atoms with Crippen LogP contribution in [-0.2, 0) is 4.79 Å². The summed E-state index contributed by atoms with van der Waals surface area (Å²) in [5.74, 6) is -1.03.